The Morgan fingerprint density at radius 2 is 2.09 bits per heavy atom. The van der Waals surface area contributed by atoms with Crippen LogP contribution in [0.15, 0.2) is 33.6 Å². The third-order valence-electron chi connectivity index (χ3n) is 5.44. The molecule has 1 atom stereocenters. The van der Waals surface area contributed by atoms with Crippen molar-refractivity contribution in [3.63, 3.8) is 0 Å². The standard InChI is InChI=1S/C22H21Cl2N3O5/c1-2-31-18-5-3-4-13-11(6-7-17(28)19(13)18)8-14-15(23)9-12(10-16(14)24)25-21(29)20-26-22(30)32-27-20/h6-7,9-10,18,28H,2-5,8H2,1H3,(H,25,29)(H,26,27,30). The molecule has 8 nitrogen and oxygen atoms in total. The first kappa shape index (κ1) is 22.4. The number of aromatic hydroxyl groups is 1. The first-order chi connectivity index (χ1) is 15.4. The van der Waals surface area contributed by atoms with E-state index in [1.165, 1.54) is 0 Å². The minimum atomic E-state index is -0.828. The van der Waals surface area contributed by atoms with Gasteiger partial charge in [-0.25, -0.2) is 4.79 Å². The summed E-state index contributed by atoms with van der Waals surface area (Å²) in [5, 5.41) is 17.1. The van der Waals surface area contributed by atoms with Crippen LogP contribution in [-0.4, -0.2) is 27.8 Å². The topological polar surface area (TPSA) is 117 Å². The molecular formula is C22H21Cl2N3O5. The molecule has 1 aromatic heterocycles. The van der Waals surface area contributed by atoms with Crippen LogP contribution < -0.4 is 11.1 Å². The fourth-order valence-electron chi connectivity index (χ4n) is 4.05. The number of hydrogen-bond donors (Lipinski definition) is 3. The van der Waals surface area contributed by atoms with Crippen molar-refractivity contribution in [3.05, 3.63) is 72.9 Å². The quantitative estimate of drug-likeness (QED) is 0.476. The molecule has 0 bridgehead atoms. The Hall–Kier alpha value is -2.81. The number of carbonyl (C=O) groups excluding carboxylic acids is 1. The average molecular weight is 478 g/mol. The second-order valence-corrected chi connectivity index (χ2v) is 8.28. The molecule has 3 N–H and O–H groups in total. The molecule has 0 saturated heterocycles. The highest BCUT2D eigenvalue weighted by atomic mass is 35.5. The van der Waals surface area contributed by atoms with Crippen LogP contribution in [0.4, 0.5) is 5.69 Å². The lowest BCUT2D eigenvalue weighted by molar-refractivity contribution is 0.0481. The lowest BCUT2D eigenvalue weighted by Gasteiger charge is -2.28. The first-order valence-electron chi connectivity index (χ1n) is 10.2. The summed E-state index contributed by atoms with van der Waals surface area (Å²) in [6, 6.07) is 6.72. The number of nitrogens with one attached hydrogen (secondary N) is 2. The molecule has 10 heteroatoms. The highest BCUT2D eigenvalue weighted by Crippen LogP contribution is 2.41. The highest BCUT2D eigenvalue weighted by molar-refractivity contribution is 6.36. The maximum Gasteiger partial charge on any atom is 0.439 e. The fourth-order valence-corrected chi connectivity index (χ4v) is 4.67. The lowest BCUT2D eigenvalue weighted by atomic mass is 9.84. The molecule has 3 aromatic rings. The number of H-pyrrole nitrogens is 1. The van der Waals surface area contributed by atoms with E-state index in [0.717, 1.165) is 36.0 Å². The van der Waals surface area contributed by atoms with Gasteiger partial charge in [0.1, 0.15) is 5.75 Å². The number of phenolic OH excluding ortho intramolecular Hbond substituents is 1. The third-order valence-corrected chi connectivity index (χ3v) is 6.11. The van der Waals surface area contributed by atoms with Gasteiger partial charge in [0, 0.05) is 34.3 Å². The number of aromatic nitrogens is 2. The third kappa shape index (κ3) is 4.53. The number of hydrogen-bond acceptors (Lipinski definition) is 6. The Kier molecular flexibility index (Phi) is 6.55. The van der Waals surface area contributed by atoms with Gasteiger partial charge in [0.15, 0.2) is 0 Å². The normalized spacial score (nSPS) is 15.4. The maximum absolute atomic E-state index is 12.2. The summed E-state index contributed by atoms with van der Waals surface area (Å²) in [5.74, 6) is -1.51. The average Bonchev–Trinajstić information content (AvgIpc) is 3.19. The van der Waals surface area contributed by atoms with Crippen LogP contribution in [0.5, 0.6) is 5.75 Å². The van der Waals surface area contributed by atoms with Gasteiger partial charge in [-0.05, 0) is 66.2 Å². The SMILES string of the molecule is CCOC1CCCc2c(Cc3c(Cl)cc(NC(=O)c4noc(=O)[nH]4)cc3Cl)ccc(O)c21. The van der Waals surface area contributed by atoms with Gasteiger partial charge in [0.25, 0.3) is 5.91 Å². The summed E-state index contributed by atoms with van der Waals surface area (Å²) < 4.78 is 10.2. The van der Waals surface area contributed by atoms with Gasteiger partial charge in [0.05, 0.1) is 6.10 Å². The van der Waals surface area contributed by atoms with Crippen LogP contribution in [0.3, 0.4) is 0 Å². The van der Waals surface area contributed by atoms with Crippen molar-refractivity contribution in [2.45, 2.75) is 38.7 Å². The van der Waals surface area contributed by atoms with Crippen LogP contribution in [0, 0.1) is 0 Å². The van der Waals surface area contributed by atoms with Crippen molar-refractivity contribution >= 4 is 34.8 Å². The number of carbonyl (C=O) groups is 1. The van der Waals surface area contributed by atoms with E-state index in [0.29, 0.717) is 34.3 Å². The zero-order valence-electron chi connectivity index (χ0n) is 17.2. The molecule has 1 amide bonds. The van der Waals surface area contributed by atoms with Crippen LogP contribution in [-0.2, 0) is 17.6 Å². The molecule has 1 unspecified atom stereocenters. The molecule has 32 heavy (non-hydrogen) atoms. The number of anilines is 1. The second kappa shape index (κ2) is 9.36. The van der Waals surface area contributed by atoms with Crippen LogP contribution in [0.1, 0.15) is 58.7 Å². The predicted molar refractivity (Wildman–Crippen MR) is 120 cm³/mol. The number of benzene rings is 2. The summed E-state index contributed by atoms with van der Waals surface area (Å²) >= 11 is 13.0. The van der Waals surface area contributed by atoms with Gasteiger partial charge in [-0.3, -0.25) is 14.3 Å². The molecule has 0 fully saturated rings. The van der Waals surface area contributed by atoms with Crippen molar-refractivity contribution in [1.82, 2.24) is 10.1 Å². The maximum atomic E-state index is 12.2. The minimum Gasteiger partial charge on any atom is -0.508 e. The van der Waals surface area contributed by atoms with Crippen LogP contribution in [0.2, 0.25) is 10.0 Å². The molecule has 0 aliphatic heterocycles. The second-order valence-electron chi connectivity index (χ2n) is 7.47. The van der Waals surface area contributed by atoms with Gasteiger partial charge in [-0.15, -0.1) is 0 Å². The van der Waals surface area contributed by atoms with E-state index in [9.17, 15) is 14.7 Å². The summed E-state index contributed by atoms with van der Waals surface area (Å²) in [7, 11) is 0. The number of nitrogens with zero attached hydrogens (tertiary/aromatic N) is 1. The smallest absolute Gasteiger partial charge is 0.439 e. The summed E-state index contributed by atoms with van der Waals surface area (Å²) in [6.07, 6.45) is 3.00. The molecule has 0 spiro atoms. The summed E-state index contributed by atoms with van der Waals surface area (Å²) in [5.41, 5.74) is 3.97. The van der Waals surface area contributed by atoms with Gasteiger partial charge < -0.3 is 15.2 Å². The fraction of sp³-hybridized carbons (Fsp3) is 0.318. The molecular weight excluding hydrogens is 457 g/mol. The van der Waals surface area contributed by atoms with Crippen molar-refractivity contribution in [1.29, 1.82) is 0 Å². The Bertz CT molecular complexity index is 1200. The lowest BCUT2D eigenvalue weighted by Crippen LogP contribution is -2.16. The van der Waals surface area contributed by atoms with E-state index >= 15 is 0 Å². The van der Waals surface area contributed by atoms with Crippen LogP contribution in [0.25, 0.3) is 0 Å². The highest BCUT2D eigenvalue weighted by Gasteiger charge is 2.26. The molecule has 2 aromatic carbocycles. The Morgan fingerprint density at radius 3 is 2.75 bits per heavy atom. The van der Waals surface area contributed by atoms with E-state index in [-0.39, 0.29) is 17.7 Å². The number of rotatable bonds is 6. The van der Waals surface area contributed by atoms with Gasteiger partial charge in [-0.2, -0.15) is 0 Å². The monoisotopic (exact) mass is 477 g/mol. The van der Waals surface area contributed by atoms with Gasteiger partial charge >= 0.3 is 5.76 Å². The first-order valence-corrected chi connectivity index (χ1v) is 10.9. The van der Waals surface area contributed by atoms with Crippen molar-refractivity contribution in [3.8, 4) is 5.75 Å². The Morgan fingerprint density at radius 1 is 1.34 bits per heavy atom. The molecule has 168 valence electrons. The van der Waals surface area contributed by atoms with E-state index in [1.807, 2.05) is 13.0 Å². The number of phenols is 1. The molecule has 1 heterocycles. The van der Waals surface area contributed by atoms with E-state index in [1.54, 1.807) is 18.2 Å². The van der Waals surface area contributed by atoms with Crippen molar-refractivity contribution in [2.24, 2.45) is 0 Å². The van der Waals surface area contributed by atoms with Crippen LogP contribution >= 0.6 is 23.2 Å². The molecule has 0 radical (unpaired) electrons. The van der Waals surface area contributed by atoms with Crippen molar-refractivity contribution < 1.29 is 19.2 Å². The van der Waals surface area contributed by atoms with E-state index in [4.69, 9.17) is 27.9 Å². The predicted octanol–water partition coefficient (Wildman–Crippen LogP) is 4.63. The number of aromatic amines is 1. The molecule has 1 aliphatic carbocycles. The number of halogens is 2. The number of ether oxygens (including phenoxy) is 1. The summed E-state index contributed by atoms with van der Waals surface area (Å²) in [6.45, 7) is 2.51. The molecule has 0 saturated carbocycles. The number of fused-ring (bicyclic) bond motifs is 1. The largest absolute Gasteiger partial charge is 0.508 e. The Labute approximate surface area is 193 Å². The number of amides is 1. The zero-order valence-corrected chi connectivity index (χ0v) is 18.7. The Balaban J connectivity index is 1.61. The summed E-state index contributed by atoms with van der Waals surface area (Å²) in [4.78, 5) is 25.4. The van der Waals surface area contributed by atoms with Crippen molar-refractivity contribution in [2.75, 3.05) is 11.9 Å². The van der Waals surface area contributed by atoms with Gasteiger partial charge in [-0.1, -0.05) is 29.3 Å². The zero-order chi connectivity index (χ0) is 22.8. The van der Waals surface area contributed by atoms with E-state index in [2.05, 4.69) is 20.0 Å². The minimum absolute atomic E-state index is 0.129. The van der Waals surface area contributed by atoms with Gasteiger partial charge in [0.2, 0.25) is 5.82 Å². The molecule has 1 aliphatic rings. The van der Waals surface area contributed by atoms with E-state index < -0.39 is 11.7 Å². The molecule has 4 rings (SSSR count).